The molecule has 92 valence electrons. The Bertz CT molecular complexity index is 634. The summed E-state index contributed by atoms with van der Waals surface area (Å²) < 4.78 is 0. The molecule has 1 aromatic heterocycles. The Kier molecular flexibility index (Phi) is 3.65. The van der Waals surface area contributed by atoms with Crippen molar-refractivity contribution in [2.45, 2.75) is 0 Å². The molecule has 0 aliphatic heterocycles. The third-order valence-corrected chi connectivity index (χ3v) is 2.87. The number of rotatable bonds is 2. The van der Waals surface area contributed by atoms with Crippen LogP contribution < -0.4 is 0 Å². The number of nitro groups is 1. The second kappa shape index (κ2) is 5.06. The summed E-state index contributed by atoms with van der Waals surface area (Å²) in [6.07, 6.45) is 1.03. The number of hydrogen-bond acceptors (Lipinski definition) is 4. The smallest absolute Gasteiger partial charge is 0.258 e. The molecule has 0 amide bonds. The molecular formula is C10H4Cl3N3O2. The summed E-state index contributed by atoms with van der Waals surface area (Å²) in [5.74, 6) is 0. The summed E-state index contributed by atoms with van der Waals surface area (Å²) in [5.41, 5.74) is 0.0798. The van der Waals surface area contributed by atoms with Crippen molar-refractivity contribution in [3.63, 3.8) is 0 Å². The van der Waals surface area contributed by atoms with Crippen LogP contribution in [-0.4, -0.2) is 14.9 Å². The molecule has 1 aromatic carbocycles. The van der Waals surface area contributed by atoms with Crippen molar-refractivity contribution in [2.75, 3.05) is 0 Å². The summed E-state index contributed by atoms with van der Waals surface area (Å²) >= 11 is 17.5. The summed E-state index contributed by atoms with van der Waals surface area (Å²) in [7, 11) is 0. The molecule has 0 spiro atoms. The molecule has 18 heavy (non-hydrogen) atoms. The standard InChI is InChI=1S/C10H4Cl3N3O2/c11-5-1-2-7(12)6(3-5)9-8(16(17)18)4-14-10(13)15-9/h1-4H. The second-order valence-corrected chi connectivity index (χ2v) is 4.44. The monoisotopic (exact) mass is 303 g/mol. The minimum atomic E-state index is -0.608. The number of nitrogens with zero attached hydrogens (tertiary/aromatic N) is 3. The first-order valence-electron chi connectivity index (χ1n) is 4.61. The van der Waals surface area contributed by atoms with Crippen LogP contribution in [0.25, 0.3) is 11.3 Å². The zero-order valence-electron chi connectivity index (χ0n) is 8.60. The highest BCUT2D eigenvalue weighted by Gasteiger charge is 2.20. The van der Waals surface area contributed by atoms with Gasteiger partial charge in [0.05, 0.1) is 9.95 Å². The molecule has 0 saturated carbocycles. The van der Waals surface area contributed by atoms with Gasteiger partial charge < -0.3 is 0 Å². The number of hydrogen-bond donors (Lipinski definition) is 0. The molecule has 0 saturated heterocycles. The lowest BCUT2D eigenvalue weighted by Gasteiger charge is -2.05. The average Bonchev–Trinajstić information content (AvgIpc) is 2.31. The normalized spacial score (nSPS) is 10.4. The first-order valence-corrected chi connectivity index (χ1v) is 5.75. The highest BCUT2D eigenvalue weighted by Crippen LogP contribution is 2.34. The minimum absolute atomic E-state index is 0.0347. The topological polar surface area (TPSA) is 68.9 Å². The summed E-state index contributed by atoms with van der Waals surface area (Å²) in [6.45, 7) is 0. The molecule has 0 aliphatic carbocycles. The predicted octanol–water partition coefficient (Wildman–Crippen LogP) is 4.01. The molecule has 2 rings (SSSR count). The van der Waals surface area contributed by atoms with E-state index in [4.69, 9.17) is 34.8 Å². The maximum absolute atomic E-state index is 10.9. The number of benzene rings is 1. The van der Waals surface area contributed by atoms with Gasteiger partial charge in [0.15, 0.2) is 5.69 Å². The van der Waals surface area contributed by atoms with Gasteiger partial charge in [0.1, 0.15) is 6.20 Å². The first-order chi connectivity index (χ1) is 8.49. The quantitative estimate of drug-likeness (QED) is 0.477. The molecule has 0 bridgehead atoms. The van der Waals surface area contributed by atoms with Gasteiger partial charge in [-0.25, -0.2) is 9.97 Å². The largest absolute Gasteiger partial charge is 0.313 e. The Morgan fingerprint density at radius 1 is 1.22 bits per heavy atom. The Hall–Kier alpha value is -1.43. The minimum Gasteiger partial charge on any atom is -0.258 e. The molecular weight excluding hydrogens is 300 g/mol. The molecule has 0 fully saturated rings. The van der Waals surface area contributed by atoms with Crippen molar-refractivity contribution in [2.24, 2.45) is 0 Å². The van der Waals surface area contributed by atoms with Crippen LogP contribution in [0.1, 0.15) is 0 Å². The SMILES string of the molecule is O=[N+]([O-])c1cnc(Cl)nc1-c1cc(Cl)ccc1Cl. The van der Waals surface area contributed by atoms with Crippen LogP contribution in [0.4, 0.5) is 5.69 Å². The van der Waals surface area contributed by atoms with Crippen molar-refractivity contribution in [3.05, 3.63) is 49.8 Å². The van der Waals surface area contributed by atoms with E-state index in [0.717, 1.165) is 6.20 Å². The average molecular weight is 305 g/mol. The summed E-state index contributed by atoms with van der Waals surface area (Å²) in [5, 5.41) is 11.5. The second-order valence-electron chi connectivity index (χ2n) is 3.25. The Morgan fingerprint density at radius 2 is 1.94 bits per heavy atom. The van der Waals surface area contributed by atoms with E-state index in [1.54, 1.807) is 6.07 Å². The molecule has 0 unspecified atom stereocenters. The molecule has 0 N–H and O–H groups in total. The van der Waals surface area contributed by atoms with E-state index in [9.17, 15) is 10.1 Å². The Balaban J connectivity index is 2.73. The van der Waals surface area contributed by atoms with E-state index >= 15 is 0 Å². The highest BCUT2D eigenvalue weighted by atomic mass is 35.5. The summed E-state index contributed by atoms with van der Waals surface area (Å²) in [4.78, 5) is 17.7. The van der Waals surface area contributed by atoms with E-state index in [0.29, 0.717) is 10.6 Å². The van der Waals surface area contributed by atoms with Gasteiger partial charge in [-0.2, -0.15) is 0 Å². The zero-order valence-corrected chi connectivity index (χ0v) is 10.9. The van der Waals surface area contributed by atoms with E-state index in [1.165, 1.54) is 12.1 Å². The van der Waals surface area contributed by atoms with E-state index in [2.05, 4.69) is 9.97 Å². The van der Waals surface area contributed by atoms with Gasteiger partial charge in [-0.05, 0) is 29.8 Å². The lowest BCUT2D eigenvalue weighted by Crippen LogP contribution is -1.97. The van der Waals surface area contributed by atoms with Crippen LogP contribution >= 0.6 is 34.8 Å². The van der Waals surface area contributed by atoms with Gasteiger partial charge in [0.25, 0.3) is 0 Å². The van der Waals surface area contributed by atoms with Crippen LogP contribution in [-0.2, 0) is 0 Å². The molecule has 1 heterocycles. The van der Waals surface area contributed by atoms with Gasteiger partial charge >= 0.3 is 5.69 Å². The Labute approximate surface area is 116 Å². The van der Waals surface area contributed by atoms with Crippen molar-refractivity contribution >= 4 is 40.5 Å². The third-order valence-electron chi connectivity index (χ3n) is 2.12. The van der Waals surface area contributed by atoms with Crippen LogP contribution in [0.5, 0.6) is 0 Å². The number of aromatic nitrogens is 2. The van der Waals surface area contributed by atoms with Crippen molar-refractivity contribution in [1.29, 1.82) is 0 Å². The van der Waals surface area contributed by atoms with Gasteiger partial charge in [-0.3, -0.25) is 10.1 Å². The third kappa shape index (κ3) is 2.53. The highest BCUT2D eigenvalue weighted by molar-refractivity contribution is 6.35. The number of halogens is 3. The van der Waals surface area contributed by atoms with Gasteiger partial charge in [-0.15, -0.1) is 0 Å². The Morgan fingerprint density at radius 3 is 2.61 bits per heavy atom. The van der Waals surface area contributed by atoms with E-state index in [-0.39, 0.29) is 21.7 Å². The van der Waals surface area contributed by atoms with Crippen LogP contribution in [0.15, 0.2) is 24.4 Å². The summed E-state index contributed by atoms with van der Waals surface area (Å²) in [6, 6.07) is 4.58. The molecule has 0 aliphatic rings. The lowest BCUT2D eigenvalue weighted by atomic mass is 10.1. The maximum Gasteiger partial charge on any atom is 0.313 e. The molecule has 0 radical (unpaired) electrons. The molecule has 5 nitrogen and oxygen atoms in total. The van der Waals surface area contributed by atoms with Crippen LogP contribution in [0.2, 0.25) is 15.3 Å². The fourth-order valence-corrected chi connectivity index (χ4v) is 1.88. The van der Waals surface area contributed by atoms with Gasteiger partial charge in [-0.1, -0.05) is 23.2 Å². The molecule has 2 aromatic rings. The van der Waals surface area contributed by atoms with Crippen LogP contribution in [0, 0.1) is 10.1 Å². The molecule has 8 heteroatoms. The van der Waals surface area contributed by atoms with Crippen LogP contribution in [0.3, 0.4) is 0 Å². The van der Waals surface area contributed by atoms with E-state index < -0.39 is 4.92 Å². The van der Waals surface area contributed by atoms with Crippen molar-refractivity contribution < 1.29 is 4.92 Å². The van der Waals surface area contributed by atoms with Crippen molar-refractivity contribution in [1.82, 2.24) is 9.97 Å². The van der Waals surface area contributed by atoms with Crippen molar-refractivity contribution in [3.8, 4) is 11.3 Å². The maximum atomic E-state index is 10.9. The fraction of sp³-hybridized carbons (Fsp3) is 0. The molecule has 0 atom stereocenters. The van der Waals surface area contributed by atoms with Gasteiger partial charge in [0, 0.05) is 10.6 Å². The predicted molar refractivity (Wildman–Crippen MR) is 69.2 cm³/mol. The van der Waals surface area contributed by atoms with Gasteiger partial charge in [0.2, 0.25) is 5.28 Å². The first kappa shape index (κ1) is 13.0. The zero-order chi connectivity index (χ0) is 13.3. The fourth-order valence-electron chi connectivity index (χ4n) is 1.36. The lowest BCUT2D eigenvalue weighted by molar-refractivity contribution is -0.384. The van der Waals surface area contributed by atoms with E-state index in [1.807, 2.05) is 0 Å².